The van der Waals surface area contributed by atoms with Gasteiger partial charge in [0.25, 0.3) is 0 Å². The van der Waals surface area contributed by atoms with E-state index < -0.39 is 0 Å². The van der Waals surface area contributed by atoms with Gasteiger partial charge in [0.1, 0.15) is 0 Å². The number of halogens is 1. The number of rotatable bonds is 0. The highest BCUT2D eigenvalue weighted by Crippen LogP contribution is 2.32. The van der Waals surface area contributed by atoms with Crippen LogP contribution in [-0.2, 0) is 6.42 Å². The summed E-state index contributed by atoms with van der Waals surface area (Å²) in [6.07, 6.45) is 5.84. The Morgan fingerprint density at radius 1 is 1.55 bits per heavy atom. The third-order valence-corrected chi connectivity index (χ3v) is 2.83. The molecule has 0 bridgehead atoms. The van der Waals surface area contributed by atoms with Crippen LogP contribution in [0.4, 0.5) is 0 Å². The van der Waals surface area contributed by atoms with Gasteiger partial charge in [-0.1, -0.05) is 0 Å². The SMILES string of the molecule is N[C@@H]1CCc2c(Br)cncc21. The predicted molar refractivity (Wildman–Crippen MR) is 47.2 cm³/mol. The number of hydrogen-bond acceptors (Lipinski definition) is 2. The Bertz CT molecular complexity index is 285. The molecule has 1 aliphatic rings. The summed E-state index contributed by atoms with van der Waals surface area (Å²) >= 11 is 3.46. The second kappa shape index (κ2) is 2.57. The van der Waals surface area contributed by atoms with Crippen molar-refractivity contribution < 1.29 is 0 Å². The van der Waals surface area contributed by atoms with Crippen molar-refractivity contribution in [1.29, 1.82) is 0 Å². The molecule has 2 rings (SSSR count). The molecule has 11 heavy (non-hydrogen) atoms. The van der Waals surface area contributed by atoms with Crippen LogP contribution in [0.2, 0.25) is 0 Å². The quantitative estimate of drug-likeness (QED) is 0.713. The Labute approximate surface area is 73.9 Å². The van der Waals surface area contributed by atoms with E-state index in [0.717, 1.165) is 17.3 Å². The van der Waals surface area contributed by atoms with Gasteiger partial charge in [-0.3, -0.25) is 4.98 Å². The molecule has 2 nitrogen and oxygen atoms in total. The lowest BCUT2D eigenvalue weighted by Crippen LogP contribution is -2.05. The molecule has 1 aromatic rings. The fourth-order valence-electron chi connectivity index (χ4n) is 1.52. The molecular formula is C8H9BrN2. The highest BCUT2D eigenvalue weighted by atomic mass is 79.9. The molecule has 2 N–H and O–H groups in total. The van der Waals surface area contributed by atoms with Crippen molar-refractivity contribution in [3.63, 3.8) is 0 Å². The average Bonchev–Trinajstić information content (AvgIpc) is 2.35. The number of hydrogen-bond donors (Lipinski definition) is 1. The van der Waals surface area contributed by atoms with E-state index in [1.807, 2.05) is 12.4 Å². The largest absolute Gasteiger partial charge is 0.324 e. The highest BCUT2D eigenvalue weighted by Gasteiger charge is 2.20. The Hall–Kier alpha value is -0.410. The summed E-state index contributed by atoms with van der Waals surface area (Å²) in [5.41, 5.74) is 8.40. The average molecular weight is 213 g/mol. The maximum atomic E-state index is 5.85. The van der Waals surface area contributed by atoms with Crippen LogP contribution in [0.3, 0.4) is 0 Å². The van der Waals surface area contributed by atoms with E-state index in [2.05, 4.69) is 20.9 Å². The first-order valence-corrected chi connectivity index (χ1v) is 4.46. The van der Waals surface area contributed by atoms with Crippen LogP contribution >= 0.6 is 15.9 Å². The lowest BCUT2D eigenvalue weighted by atomic mass is 10.1. The van der Waals surface area contributed by atoms with E-state index in [0.29, 0.717) is 0 Å². The van der Waals surface area contributed by atoms with Crippen LogP contribution in [0.25, 0.3) is 0 Å². The minimum Gasteiger partial charge on any atom is -0.324 e. The van der Waals surface area contributed by atoms with Crippen molar-refractivity contribution in [2.75, 3.05) is 0 Å². The number of nitrogens with two attached hydrogens (primary N) is 1. The Balaban J connectivity index is 2.57. The zero-order valence-corrected chi connectivity index (χ0v) is 7.63. The maximum absolute atomic E-state index is 5.85. The van der Waals surface area contributed by atoms with Crippen molar-refractivity contribution in [1.82, 2.24) is 4.98 Å². The van der Waals surface area contributed by atoms with Crippen molar-refractivity contribution >= 4 is 15.9 Å². The molecule has 3 heteroatoms. The zero-order chi connectivity index (χ0) is 7.84. The van der Waals surface area contributed by atoms with Gasteiger partial charge in [0, 0.05) is 22.9 Å². The van der Waals surface area contributed by atoms with Gasteiger partial charge in [-0.05, 0) is 39.9 Å². The van der Waals surface area contributed by atoms with Gasteiger partial charge in [-0.25, -0.2) is 0 Å². The van der Waals surface area contributed by atoms with Crippen LogP contribution in [-0.4, -0.2) is 4.98 Å². The predicted octanol–water partition coefficient (Wildman–Crippen LogP) is 1.79. The van der Waals surface area contributed by atoms with E-state index in [-0.39, 0.29) is 6.04 Å². The van der Waals surface area contributed by atoms with E-state index in [4.69, 9.17) is 5.73 Å². The molecular weight excluding hydrogens is 204 g/mol. The summed E-state index contributed by atoms with van der Waals surface area (Å²) in [6.45, 7) is 0. The van der Waals surface area contributed by atoms with Gasteiger partial charge in [-0.15, -0.1) is 0 Å². The normalized spacial score (nSPS) is 21.8. The summed E-state index contributed by atoms with van der Waals surface area (Å²) in [4.78, 5) is 4.08. The van der Waals surface area contributed by atoms with E-state index >= 15 is 0 Å². The number of fused-ring (bicyclic) bond motifs is 1. The molecule has 0 saturated heterocycles. The van der Waals surface area contributed by atoms with Gasteiger partial charge in [0.05, 0.1) is 0 Å². The second-order valence-corrected chi connectivity index (χ2v) is 3.69. The summed E-state index contributed by atoms with van der Waals surface area (Å²) in [7, 11) is 0. The third kappa shape index (κ3) is 1.08. The molecule has 0 fully saturated rings. The molecule has 0 amide bonds. The van der Waals surface area contributed by atoms with Crippen LogP contribution in [0.1, 0.15) is 23.6 Å². The van der Waals surface area contributed by atoms with Gasteiger partial charge in [0.2, 0.25) is 0 Å². The van der Waals surface area contributed by atoms with Crippen molar-refractivity contribution in [2.45, 2.75) is 18.9 Å². The molecule has 0 aliphatic heterocycles. The van der Waals surface area contributed by atoms with Crippen LogP contribution < -0.4 is 5.73 Å². The summed E-state index contributed by atoms with van der Waals surface area (Å²) < 4.78 is 1.10. The summed E-state index contributed by atoms with van der Waals surface area (Å²) in [6, 6.07) is 0.204. The van der Waals surface area contributed by atoms with Gasteiger partial charge in [-0.2, -0.15) is 0 Å². The third-order valence-electron chi connectivity index (χ3n) is 2.14. The Morgan fingerprint density at radius 3 is 3.09 bits per heavy atom. The molecule has 0 radical (unpaired) electrons. The molecule has 0 saturated carbocycles. The lowest BCUT2D eigenvalue weighted by molar-refractivity contribution is 0.712. The van der Waals surface area contributed by atoms with Crippen LogP contribution in [0, 0.1) is 0 Å². The first-order valence-electron chi connectivity index (χ1n) is 3.67. The van der Waals surface area contributed by atoms with Gasteiger partial charge in [0.15, 0.2) is 0 Å². The fraction of sp³-hybridized carbons (Fsp3) is 0.375. The highest BCUT2D eigenvalue weighted by molar-refractivity contribution is 9.10. The number of pyridine rings is 1. The number of aromatic nitrogens is 1. The first-order chi connectivity index (χ1) is 5.29. The lowest BCUT2D eigenvalue weighted by Gasteiger charge is -2.03. The van der Waals surface area contributed by atoms with Crippen molar-refractivity contribution in [3.8, 4) is 0 Å². The van der Waals surface area contributed by atoms with Gasteiger partial charge >= 0.3 is 0 Å². The molecule has 1 aliphatic carbocycles. The topological polar surface area (TPSA) is 38.9 Å². The number of nitrogens with zero attached hydrogens (tertiary/aromatic N) is 1. The van der Waals surface area contributed by atoms with E-state index in [1.54, 1.807) is 0 Å². The van der Waals surface area contributed by atoms with Gasteiger partial charge < -0.3 is 5.73 Å². The molecule has 0 unspecified atom stereocenters. The maximum Gasteiger partial charge on any atom is 0.0413 e. The fourth-order valence-corrected chi connectivity index (χ4v) is 2.06. The molecule has 0 spiro atoms. The second-order valence-electron chi connectivity index (χ2n) is 2.83. The zero-order valence-electron chi connectivity index (χ0n) is 6.05. The minimum absolute atomic E-state index is 0.204. The smallest absolute Gasteiger partial charge is 0.0413 e. The molecule has 58 valence electrons. The Kier molecular flexibility index (Phi) is 1.69. The standard InChI is InChI=1S/C8H9BrN2/c9-7-4-11-3-6-5(7)1-2-8(6)10/h3-4,8H,1-2,10H2/t8-/m1/s1. The monoisotopic (exact) mass is 212 g/mol. The van der Waals surface area contributed by atoms with E-state index in [9.17, 15) is 0 Å². The molecule has 0 aromatic carbocycles. The molecule has 1 atom stereocenters. The first kappa shape index (κ1) is 7.25. The molecule has 1 aromatic heterocycles. The summed E-state index contributed by atoms with van der Waals surface area (Å²) in [5, 5.41) is 0. The van der Waals surface area contributed by atoms with Crippen LogP contribution in [0.5, 0.6) is 0 Å². The van der Waals surface area contributed by atoms with Crippen LogP contribution in [0.15, 0.2) is 16.9 Å². The summed E-state index contributed by atoms with van der Waals surface area (Å²) in [5.74, 6) is 0. The Morgan fingerprint density at radius 2 is 2.36 bits per heavy atom. The molecule has 1 heterocycles. The van der Waals surface area contributed by atoms with E-state index in [1.165, 1.54) is 11.1 Å². The van der Waals surface area contributed by atoms with Crippen molar-refractivity contribution in [3.05, 3.63) is 28.0 Å². The van der Waals surface area contributed by atoms with Crippen molar-refractivity contribution in [2.24, 2.45) is 5.73 Å². The minimum atomic E-state index is 0.204.